The van der Waals surface area contributed by atoms with Crippen LogP contribution in [0.2, 0.25) is 0 Å². The fraction of sp³-hybridized carbons (Fsp3) is 0.100. The summed E-state index contributed by atoms with van der Waals surface area (Å²) in [5, 5.41) is 0. The number of hydrogen-bond acceptors (Lipinski definition) is 0. The molecule has 0 unspecified atom stereocenters. The molecule has 2 aliphatic carbocycles. The zero-order chi connectivity index (χ0) is 12.2. The van der Waals surface area contributed by atoms with Crippen LogP contribution in [0.15, 0.2) is 60.7 Å². The Morgan fingerprint density at radius 2 is 1.67 bits per heavy atom. The molecule has 0 saturated heterocycles. The van der Waals surface area contributed by atoms with Crippen molar-refractivity contribution >= 4 is 0 Å². The van der Waals surface area contributed by atoms with Crippen LogP contribution in [0.4, 0.5) is 0 Å². The van der Waals surface area contributed by atoms with E-state index in [0.717, 1.165) is 12.8 Å². The molecule has 0 bridgehead atoms. The molecule has 104 valence electrons. The van der Waals surface area contributed by atoms with Gasteiger partial charge in [-0.25, -0.2) is 12.2 Å². The smallest absolute Gasteiger partial charge is 0.358 e. The zero-order valence-electron chi connectivity index (χ0n) is 12.7. The minimum absolute atomic E-state index is 0. The standard InChI is InChI=1S/C13H9.C5H5.2CH3.Ti/c1-3-7-12-10(5-1)9-11-6-2-4-8-13(11)12;1-2-4-5-3-1;;;/h1-5,7-8H,9H2;1-3H,4H2;2*1H3;/q4*-1;+4. The van der Waals surface area contributed by atoms with E-state index in [2.05, 4.69) is 54.6 Å². The predicted octanol–water partition coefficient (Wildman–Crippen LogP) is 5.26. The zero-order valence-corrected chi connectivity index (χ0v) is 14.2. The van der Waals surface area contributed by atoms with Gasteiger partial charge in [0.25, 0.3) is 0 Å². The van der Waals surface area contributed by atoms with Crippen LogP contribution in [0.1, 0.15) is 17.5 Å². The number of benzene rings is 2. The summed E-state index contributed by atoms with van der Waals surface area (Å²) in [5.41, 5.74) is 5.51. The van der Waals surface area contributed by atoms with Gasteiger partial charge in [0.2, 0.25) is 0 Å². The van der Waals surface area contributed by atoms with Gasteiger partial charge in [0.05, 0.1) is 0 Å². The number of fused-ring (bicyclic) bond motifs is 3. The average Bonchev–Trinajstić information content (AvgIpc) is 3.10. The van der Waals surface area contributed by atoms with Crippen LogP contribution in [0.5, 0.6) is 0 Å². The first-order valence-corrected chi connectivity index (χ1v) is 6.25. The van der Waals surface area contributed by atoms with Gasteiger partial charge in [-0.1, -0.05) is 35.4 Å². The average molecular weight is 308 g/mol. The molecule has 1 heteroatoms. The van der Waals surface area contributed by atoms with Crippen LogP contribution in [0.3, 0.4) is 0 Å². The van der Waals surface area contributed by atoms with Crippen LogP contribution in [0.25, 0.3) is 11.1 Å². The van der Waals surface area contributed by atoms with Crippen LogP contribution in [-0.2, 0) is 28.1 Å². The Kier molecular flexibility index (Phi) is 8.93. The first-order chi connectivity index (χ1) is 8.95. The molecule has 0 N–H and O–H groups in total. The van der Waals surface area contributed by atoms with Crippen molar-refractivity contribution in [1.82, 2.24) is 0 Å². The molecule has 0 heterocycles. The van der Waals surface area contributed by atoms with Gasteiger partial charge in [0, 0.05) is 0 Å². The molecule has 0 saturated carbocycles. The predicted molar refractivity (Wildman–Crippen MR) is 87.9 cm³/mol. The first-order valence-electron chi connectivity index (χ1n) is 6.25. The molecule has 21 heavy (non-hydrogen) atoms. The SMILES string of the molecule is [C-]1=CC=CC1.[CH3-].[CH3-].[Ti+4].[c-]1cccc2c1Cc1ccccc1-2. The van der Waals surface area contributed by atoms with Crippen molar-refractivity contribution < 1.29 is 21.7 Å². The molecule has 2 aromatic carbocycles. The minimum Gasteiger partial charge on any atom is -0.358 e. The Morgan fingerprint density at radius 3 is 2.33 bits per heavy atom. The Bertz CT molecular complexity index is 555. The summed E-state index contributed by atoms with van der Waals surface area (Å²) < 4.78 is 0. The van der Waals surface area contributed by atoms with E-state index in [4.69, 9.17) is 0 Å². The van der Waals surface area contributed by atoms with E-state index in [-0.39, 0.29) is 36.6 Å². The largest absolute Gasteiger partial charge is 4.00 e. The summed E-state index contributed by atoms with van der Waals surface area (Å²) in [6.45, 7) is 0. The number of rotatable bonds is 0. The Hall–Kier alpha value is -1.37. The molecule has 2 aliphatic rings. The summed E-state index contributed by atoms with van der Waals surface area (Å²) >= 11 is 0. The van der Waals surface area contributed by atoms with E-state index in [1.54, 1.807) is 0 Å². The molecule has 0 aromatic heterocycles. The van der Waals surface area contributed by atoms with Crippen molar-refractivity contribution in [3.8, 4) is 11.1 Å². The van der Waals surface area contributed by atoms with Gasteiger partial charge in [-0.2, -0.15) is 35.9 Å². The van der Waals surface area contributed by atoms with Gasteiger partial charge in [0.15, 0.2) is 0 Å². The van der Waals surface area contributed by atoms with Gasteiger partial charge in [-0.15, -0.1) is 12.0 Å². The summed E-state index contributed by atoms with van der Waals surface area (Å²) in [7, 11) is 0. The van der Waals surface area contributed by atoms with Gasteiger partial charge in [-0.3, -0.25) is 6.08 Å². The summed E-state index contributed by atoms with van der Waals surface area (Å²) in [6, 6.07) is 18.1. The minimum atomic E-state index is 0. The second-order valence-corrected chi connectivity index (χ2v) is 4.40. The molecule has 0 radical (unpaired) electrons. The molecule has 0 aliphatic heterocycles. The second kappa shape index (κ2) is 9.55. The van der Waals surface area contributed by atoms with E-state index < -0.39 is 0 Å². The molecule has 0 nitrogen and oxygen atoms in total. The summed E-state index contributed by atoms with van der Waals surface area (Å²) in [5.74, 6) is 0. The van der Waals surface area contributed by atoms with Crippen molar-refractivity contribution in [3.63, 3.8) is 0 Å². The maximum absolute atomic E-state index is 3.30. The normalized spacial score (nSPS) is 11.8. The van der Waals surface area contributed by atoms with Crippen molar-refractivity contribution in [1.29, 1.82) is 0 Å². The van der Waals surface area contributed by atoms with Crippen LogP contribution >= 0.6 is 0 Å². The fourth-order valence-corrected chi connectivity index (χ4v) is 2.34. The summed E-state index contributed by atoms with van der Waals surface area (Å²) in [4.78, 5) is 0. The van der Waals surface area contributed by atoms with Crippen LogP contribution < -0.4 is 0 Å². The Morgan fingerprint density at radius 1 is 0.905 bits per heavy atom. The van der Waals surface area contributed by atoms with Crippen molar-refractivity contribution in [2.24, 2.45) is 0 Å². The number of allylic oxidation sites excluding steroid dienone is 4. The first kappa shape index (κ1) is 19.6. The van der Waals surface area contributed by atoms with E-state index in [0.29, 0.717) is 0 Å². The van der Waals surface area contributed by atoms with E-state index in [1.807, 2.05) is 18.2 Å². The van der Waals surface area contributed by atoms with Crippen LogP contribution in [0, 0.1) is 27.0 Å². The van der Waals surface area contributed by atoms with Crippen molar-refractivity contribution in [2.75, 3.05) is 0 Å². The van der Waals surface area contributed by atoms with Gasteiger partial charge in [0.1, 0.15) is 0 Å². The maximum atomic E-state index is 3.30. The third-order valence-corrected chi connectivity index (χ3v) is 3.20. The van der Waals surface area contributed by atoms with Crippen LogP contribution in [-0.4, -0.2) is 0 Å². The molecule has 4 rings (SSSR count). The molecule has 2 aromatic rings. The Balaban J connectivity index is 0.000000437. The monoisotopic (exact) mass is 308 g/mol. The second-order valence-electron chi connectivity index (χ2n) is 4.40. The Labute approximate surface area is 144 Å². The van der Waals surface area contributed by atoms with Gasteiger partial charge >= 0.3 is 21.7 Å². The number of hydrogen-bond donors (Lipinski definition) is 0. The third kappa shape index (κ3) is 4.56. The molecule has 0 fully saturated rings. The fourth-order valence-electron chi connectivity index (χ4n) is 2.34. The molecular formula is C20H20Ti. The van der Waals surface area contributed by atoms with Crippen molar-refractivity contribution in [3.05, 3.63) is 98.8 Å². The third-order valence-electron chi connectivity index (χ3n) is 3.20. The molecular weight excluding hydrogens is 288 g/mol. The van der Waals surface area contributed by atoms with E-state index in [9.17, 15) is 0 Å². The van der Waals surface area contributed by atoms with Crippen molar-refractivity contribution in [2.45, 2.75) is 12.8 Å². The van der Waals surface area contributed by atoms with E-state index in [1.165, 1.54) is 22.3 Å². The molecule has 0 amide bonds. The maximum Gasteiger partial charge on any atom is 4.00 e. The molecule has 0 spiro atoms. The van der Waals surface area contributed by atoms with E-state index >= 15 is 0 Å². The van der Waals surface area contributed by atoms with Gasteiger partial charge < -0.3 is 14.9 Å². The quantitative estimate of drug-likeness (QED) is 0.392. The topological polar surface area (TPSA) is 0 Å². The summed E-state index contributed by atoms with van der Waals surface area (Å²) in [6.07, 6.45) is 11.0. The molecule has 0 atom stereocenters. The van der Waals surface area contributed by atoms with Gasteiger partial charge in [-0.05, 0) is 6.42 Å².